The number of rotatable bonds is 11. The Kier molecular flexibility index (Phi) is 10.2. The lowest BCUT2D eigenvalue weighted by molar-refractivity contribution is -0.697. The molecule has 1 heterocycles. The van der Waals surface area contributed by atoms with Gasteiger partial charge >= 0.3 is 0 Å². The van der Waals surface area contributed by atoms with E-state index in [1.54, 1.807) is 24.3 Å². The van der Waals surface area contributed by atoms with Gasteiger partial charge in [0.25, 0.3) is 5.91 Å². The van der Waals surface area contributed by atoms with Gasteiger partial charge in [-0.25, -0.2) is 4.57 Å². The van der Waals surface area contributed by atoms with Gasteiger partial charge in [0.15, 0.2) is 17.5 Å². The van der Waals surface area contributed by atoms with Crippen LogP contribution >= 0.6 is 27.7 Å². The second-order valence-corrected chi connectivity index (χ2v) is 9.06. The van der Waals surface area contributed by atoms with Gasteiger partial charge in [0.05, 0.1) is 5.56 Å². The molecule has 0 aliphatic heterocycles. The van der Waals surface area contributed by atoms with Crippen LogP contribution in [0.25, 0.3) is 0 Å². The molecule has 0 saturated heterocycles. The number of thioether (sulfide) groups is 1. The van der Waals surface area contributed by atoms with E-state index >= 15 is 0 Å². The molecule has 0 bridgehead atoms. The number of aromatic nitrogens is 1. The first-order chi connectivity index (χ1) is 14.4. The molecule has 2 atom stereocenters. The van der Waals surface area contributed by atoms with Gasteiger partial charge in [-0.05, 0) is 40.4 Å². The number of nitrogens with one attached hydrogen (secondary N) is 1. The largest absolute Gasteiger partial charge is 0.341 e. The molecule has 5 nitrogen and oxygen atoms in total. The highest BCUT2D eigenvalue weighted by Gasteiger charge is 2.25. The number of hydrogen-bond acceptors (Lipinski definition) is 4. The SMILES string of the molecule is CC[C@H](C)[C@H](NC(=O)c1ccccc1SC(=O)CCCC[n+]1ccccc1)C(=O)Br. The van der Waals surface area contributed by atoms with Crippen LogP contribution in [0.5, 0.6) is 0 Å². The van der Waals surface area contributed by atoms with Gasteiger partial charge in [0.2, 0.25) is 4.69 Å². The van der Waals surface area contributed by atoms with Gasteiger partial charge < -0.3 is 5.32 Å². The van der Waals surface area contributed by atoms with E-state index in [-0.39, 0.29) is 21.6 Å². The smallest absolute Gasteiger partial charge is 0.253 e. The van der Waals surface area contributed by atoms with Crippen molar-refractivity contribution in [1.82, 2.24) is 5.32 Å². The molecule has 2 aromatic rings. The summed E-state index contributed by atoms with van der Waals surface area (Å²) in [7, 11) is 0. The summed E-state index contributed by atoms with van der Waals surface area (Å²) in [6.07, 6.45) is 6.93. The maximum Gasteiger partial charge on any atom is 0.253 e. The minimum absolute atomic E-state index is 0.00440. The Labute approximate surface area is 190 Å². The first kappa shape index (κ1) is 24.3. The molecule has 0 fully saturated rings. The van der Waals surface area contributed by atoms with Crippen molar-refractivity contribution in [1.29, 1.82) is 0 Å². The number of carbonyl (C=O) groups is 3. The molecule has 0 radical (unpaired) electrons. The molecule has 0 saturated carbocycles. The highest BCUT2D eigenvalue weighted by Crippen LogP contribution is 2.26. The molecular formula is C23H28BrN2O3S+. The summed E-state index contributed by atoms with van der Waals surface area (Å²) >= 11 is 4.07. The van der Waals surface area contributed by atoms with Crippen LogP contribution in [0.1, 0.15) is 49.9 Å². The Morgan fingerprint density at radius 3 is 2.43 bits per heavy atom. The summed E-state index contributed by atoms with van der Waals surface area (Å²) in [5.74, 6) is -0.339. The molecule has 1 amide bonds. The van der Waals surface area contributed by atoms with Gasteiger partial charge in [-0.3, -0.25) is 14.4 Å². The van der Waals surface area contributed by atoms with E-state index < -0.39 is 6.04 Å². The molecule has 0 spiro atoms. The highest BCUT2D eigenvalue weighted by atomic mass is 79.9. The fourth-order valence-electron chi connectivity index (χ4n) is 2.94. The first-order valence-electron chi connectivity index (χ1n) is 10.2. The van der Waals surface area contributed by atoms with Crippen LogP contribution in [0, 0.1) is 5.92 Å². The zero-order chi connectivity index (χ0) is 21.9. The number of amides is 1. The van der Waals surface area contributed by atoms with Gasteiger partial charge in [-0.1, -0.05) is 50.2 Å². The summed E-state index contributed by atoms with van der Waals surface area (Å²) in [5.41, 5.74) is 0.415. The van der Waals surface area contributed by atoms with Crippen LogP contribution in [-0.4, -0.2) is 21.8 Å². The van der Waals surface area contributed by atoms with Crippen molar-refractivity contribution in [3.63, 3.8) is 0 Å². The van der Waals surface area contributed by atoms with E-state index in [2.05, 4.69) is 25.8 Å². The van der Waals surface area contributed by atoms with Crippen LogP contribution in [0.2, 0.25) is 0 Å². The van der Waals surface area contributed by atoms with Crippen molar-refractivity contribution in [2.24, 2.45) is 5.92 Å². The number of halogens is 1. The minimum Gasteiger partial charge on any atom is -0.341 e. The molecule has 0 aliphatic carbocycles. The van der Waals surface area contributed by atoms with Crippen LogP contribution < -0.4 is 9.88 Å². The fourth-order valence-corrected chi connectivity index (χ4v) is 4.42. The lowest BCUT2D eigenvalue weighted by Gasteiger charge is -2.21. The molecule has 7 heteroatoms. The summed E-state index contributed by atoms with van der Waals surface area (Å²) in [6, 6.07) is 12.4. The Morgan fingerprint density at radius 1 is 1.07 bits per heavy atom. The Bertz CT molecular complexity index is 861. The maximum absolute atomic E-state index is 12.8. The van der Waals surface area contributed by atoms with E-state index in [0.717, 1.165) is 37.6 Å². The van der Waals surface area contributed by atoms with Crippen molar-refractivity contribution in [2.45, 2.75) is 57.0 Å². The van der Waals surface area contributed by atoms with Crippen molar-refractivity contribution in [3.8, 4) is 0 Å². The zero-order valence-electron chi connectivity index (χ0n) is 17.3. The van der Waals surface area contributed by atoms with E-state index in [9.17, 15) is 14.4 Å². The van der Waals surface area contributed by atoms with Gasteiger partial charge in [-0.2, -0.15) is 0 Å². The van der Waals surface area contributed by atoms with Crippen LogP contribution in [0.3, 0.4) is 0 Å². The molecule has 30 heavy (non-hydrogen) atoms. The Hall–Kier alpha value is -1.99. The molecule has 0 unspecified atom stereocenters. The number of pyridine rings is 1. The summed E-state index contributed by atoms with van der Waals surface area (Å²) < 4.78 is 1.85. The number of benzene rings is 1. The van der Waals surface area contributed by atoms with Crippen molar-refractivity contribution >= 4 is 43.4 Å². The van der Waals surface area contributed by atoms with Gasteiger partial charge in [0.1, 0.15) is 12.6 Å². The third kappa shape index (κ3) is 7.69. The van der Waals surface area contributed by atoms with E-state index in [4.69, 9.17) is 0 Å². The van der Waals surface area contributed by atoms with Crippen LogP contribution in [0.4, 0.5) is 0 Å². The molecule has 0 aliphatic rings. The second-order valence-electron chi connectivity index (χ2n) is 7.18. The predicted molar refractivity (Wildman–Crippen MR) is 122 cm³/mol. The maximum atomic E-state index is 12.8. The van der Waals surface area contributed by atoms with Gasteiger partial charge in [0, 0.05) is 29.9 Å². The zero-order valence-corrected chi connectivity index (χ0v) is 19.7. The predicted octanol–water partition coefficient (Wildman–Crippen LogP) is 4.53. The molecule has 1 aromatic heterocycles. The number of unbranched alkanes of at least 4 members (excludes halogenated alkanes) is 1. The minimum atomic E-state index is -0.605. The Morgan fingerprint density at radius 2 is 1.77 bits per heavy atom. The lowest BCUT2D eigenvalue weighted by atomic mass is 10.00. The second kappa shape index (κ2) is 12.6. The van der Waals surface area contributed by atoms with E-state index in [0.29, 0.717) is 16.9 Å². The van der Waals surface area contributed by atoms with E-state index in [1.807, 2.05) is 44.4 Å². The average molecular weight is 492 g/mol. The fraction of sp³-hybridized carbons (Fsp3) is 0.391. The topological polar surface area (TPSA) is 67.1 Å². The summed E-state index contributed by atoms with van der Waals surface area (Å²) in [6.45, 7) is 4.76. The molecule has 1 N–H and O–H groups in total. The van der Waals surface area contributed by atoms with Crippen molar-refractivity contribution in [3.05, 3.63) is 60.4 Å². The number of nitrogens with zero attached hydrogens (tertiary/aromatic N) is 1. The van der Waals surface area contributed by atoms with Crippen LogP contribution in [0.15, 0.2) is 59.8 Å². The summed E-state index contributed by atoms with van der Waals surface area (Å²) in [4.78, 5) is 37.7. The molecule has 2 rings (SSSR count). The molecule has 1 aromatic carbocycles. The standard InChI is InChI=1S/C23H27BrN2O3S/c1-3-17(2)21(22(24)28)25-23(29)18-11-5-6-12-19(18)30-20(27)13-7-10-16-26-14-8-4-9-15-26/h4-6,8-9,11-12,14-15,17,21H,3,7,10,13,16H2,1-2H3/p+1/t17-,21-/m0/s1. The molecule has 160 valence electrons. The summed E-state index contributed by atoms with van der Waals surface area (Å²) in [5, 5.41) is 2.84. The van der Waals surface area contributed by atoms with Crippen molar-refractivity contribution in [2.75, 3.05) is 0 Å². The normalized spacial score (nSPS) is 12.8. The number of hydrogen-bond donors (Lipinski definition) is 1. The number of aryl methyl sites for hydroxylation is 1. The van der Waals surface area contributed by atoms with Crippen molar-refractivity contribution < 1.29 is 19.0 Å². The monoisotopic (exact) mass is 491 g/mol. The van der Waals surface area contributed by atoms with Crippen LogP contribution in [-0.2, 0) is 16.1 Å². The number of carbonyl (C=O) groups excluding carboxylic acids is 3. The van der Waals surface area contributed by atoms with E-state index in [1.165, 1.54) is 0 Å². The van der Waals surface area contributed by atoms with Gasteiger partial charge in [-0.15, -0.1) is 0 Å². The quantitative estimate of drug-likeness (QED) is 0.217. The third-order valence-corrected chi connectivity index (χ3v) is 6.43. The third-order valence-electron chi connectivity index (χ3n) is 4.92. The highest BCUT2D eigenvalue weighted by molar-refractivity contribution is 9.18. The first-order valence-corrected chi connectivity index (χ1v) is 11.8. The lowest BCUT2D eigenvalue weighted by Crippen LogP contribution is -2.43. The average Bonchev–Trinajstić information content (AvgIpc) is 2.75. The Balaban J connectivity index is 1.92. The molecular weight excluding hydrogens is 464 g/mol.